The Morgan fingerprint density at radius 2 is 1.84 bits per heavy atom. The number of ether oxygens (including phenoxy) is 2. The van der Waals surface area contributed by atoms with Crippen LogP contribution in [0.1, 0.15) is 77.3 Å². The van der Waals surface area contributed by atoms with E-state index in [-0.39, 0.29) is 43.3 Å². The topological polar surface area (TPSA) is 164 Å². The zero-order valence-corrected chi connectivity index (χ0v) is 28.5. The summed E-state index contributed by atoms with van der Waals surface area (Å²) in [6.45, 7) is 7.39. The maximum Gasteiger partial charge on any atom is 0.416 e. The lowest BCUT2D eigenvalue weighted by atomic mass is 9.85. The summed E-state index contributed by atoms with van der Waals surface area (Å²) in [5.41, 5.74) is -0.0823. The molecule has 4 N–H and O–H groups in total. The second-order valence-corrected chi connectivity index (χ2v) is 14.4. The molecule has 16 heteroatoms. The fourth-order valence-electron chi connectivity index (χ4n) is 6.22. The molecule has 13 nitrogen and oxygen atoms in total. The number of nitrogens with one attached hydrogen (secondary N) is 4. The van der Waals surface area contributed by atoms with Crippen LogP contribution in [0.5, 0.6) is 0 Å². The number of ketones is 1. The number of hydrogen-bond donors (Lipinski definition) is 4. The van der Waals surface area contributed by atoms with Crippen LogP contribution in [-0.4, -0.2) is 90.1 Å². The van der Waals surface area contributed by atoms with E-state index in [1.807, 2.05) is 0 Å². The van der Waals surface area contributed by atoms with Gasteiger partial charge in [0.2, 0.25) is 17.6 Å². The van der Waals surface area contributed by atoms with Gasteiger partial charge in [0, 0.05) is 24.4 Å². The van der Waals surface area contributed by atoms with E-state index in [0.29, 0.717) is 19.4 Å². The van der Waals surface area contributed by atoms with Crippen molar-refractivity contribution in [2.24, 2.45) is 5.41 Å². The van der Waals surface area contributed by atoms with E-state index in [9.17, 15) is 37.1 Å². The molecule has 1 saturated carbocycles. The minimum atomic E-state index is -4.59. The van der Waals surface area contributed by atoms with Gasteiger partial charge in [0.15, 0.2) is 0 Å². The van der Waals surface area contributed by atoms with E-state index in [2.05, 4.69) is 21.4 Å². The average molecular weight is 708 g/mol. The van der Waals surface area contributed by atoms with Crippen molar-refractivity contribution in [3.63, 3.8) is 0 Å². The van der Waals surface area contributed by atoms with Gasteiger partial charge in [-0.2, -0.15) is 13.2 Å². The molecule has 0 radical (unpaired) electrons. The van der Waals surface area contributed by atoms with Gasteiger partial charge in [-0.1, -0.05) is 46.2 Å². The number of benzene rings is 1. The van der Waals surface area contributed by atoms with E-state index in [0.717, 1.165) is 25.0 Å². The van der Waals surface area contributed by atoms with Crippen molar-refractivity contribution in [2.75, 3.05) is 19.8 Å². The van der Waals surface area contributed by atoms with E-state index >= 15 is 0 Å². The number of hydrogen-bond acceptors (Lipinski definition) is 9. The van der Waals surface area contributed by atoms with Crippen LogP contribution in [0.4, 0.5) is 18.0 Å². The van der Waals surface area contributed by atoms with Gasteiger partial charge >= 0.3 is 12.3 Å². The maximum atomic E-state index is 14.4. The highest BCUT2D eigenvalue weighted by Crippen LogP contribution is 2.40. The van der Waals surface area contributed by atoms with Crippen molar-refractivity contribution in [2.45, 2.75) is 108 Å². The lowest BCUT2D eigenvalue weighted by Gasteiger charge is -2.35. The third kappa shape index (κ3) is 8.75. The number of Topliss-reactive ketones (excluding diaryl/α,β-unsaturated/α-hetero) is 1. The van der Waals surface area contributed by atoms with Crippen LogP contribution in [-0.2, 0) is 39.7 Å². The molecule has 274 valence electrons. The third-order valence-electron chi connectivity index (χ3n) is 9.09. The molecule has 0 bridgehead atoms. The number of alkyl carbamates (subject to hydrolysis) is 1. The molecule has 0 aromatic heterocycles. The number of halogens is 3. The first kappa shape index (κ1) is 37.1. The number of carbonyl (C=O) groups excluding carboxylic acids is 5. The summed E-state index contributed by atoms with van der Waals surface area (Å²) in [4.78, 5) is 74.3. The molecule has 1 aliphatic carbocycles. The molecule has 5 rings (SSSR count). The monoisotopic (exact) mass is 707 g/mol. The Labute approximate surface area is 287 Å². The van der Waals surface area contributed by atoms with E-state index < -0.39 is 76.6 Å². The summed E-state index contributed by atoms with van der Waals surface area (Å²) in [6.07, 6.45) is -1.88. The molecule has 0 unspecified atom stereocenters. The average Bonchev–Trinajstić information content (AvgIpc) is 3.39. The molecule has 3 aliphatic heterocycles. The summed E-state index contributed by atoms with van der Waals surface area (Å²) in [7, 11) is 0. The number of nitrogens with zero attached hydrogens (tertiary/aromatic N) is 1. The second-order valence-electron chi connectivity index (χ2n) is 14.4. The normalized spacial score (nSPS) is 24.6. The number of hydroxylamine groups is 1. The first-order valence-electron chi connectivity index (χ1n) is 16.8. The number of likely N-dealkylation sites (tertiary alicyclic amines) is 1. The smallest absolute Gasteiger partial charge is 0.416 e. The van der Waals surface area contributed by atoms with Crippen molar-refractivity contribution in [1.82, 2.24) is 26.3 Å². The minimum absolute atomic E-state index is 0.0771. The molecule has 4 aliphatic rings. The first-order valence-corrected chi connectivity index (χ1v) is 16.8. The zero-order valence-electron chi connectivity index (χ0n) is 28.5. The summed E-state index contributed by atoms with van der Waals surface area (Å²) >= 11 is 0. The number of amides is 4. The third-order valence-corrected chi connectivity index (χ3v) is 9.09. The standard InChI is InChI=1S/C34H44F3N5O8/c1-5-7-23(26(43)29(45)38-21-10-11-21)39-28(44)25-16-33(15-24(41-50-33)19-8-6-9-20(14-19)34(35,36)37)18-42(25)30(46)27(32(2,3)4)40-31(47)49-22-12-13-48-17-22/h6,8-9,14-15,21-23,25,27,41H,5,7,10-13,16-18H2,1-4H3,(H,38,45)(H,39,44)(H,40,47)/t22-,23-,25-,27+,33+/m0/s1. The molecule has 1 aromatic carbocycles. The van der Waals surface area contributed by atoms with E-state index in [4.69, 9.17) is 14.3 Å². The first-order chi connectivity index (χ1) is 23.5. The maximum absolute atomic E-state index is 14.4. The van der Waals surface area contributed by atoms with Crippen LogP contribution < -0.4 is 21.4 Å². The summed E-state index contributed by atoms with van der Waals surface area (Å²) in [5.74, 6) is -2.99. The molecule has 1 aromatic rings. The quantitative estimate of drug-likeness (QED) is 0.253. The van der Waals surface area contributed by atoms with Gasteiger partial charge in [0.25, 0.3) is 5.91 Å². The van der Waals surface area contributed by atoms with Gasteiger partial charge in [-0.05, 0) is 42.9 Å². The molecule has 5 atom stereocenters. The van der Waals surface area contributed by atoms with Crippen LogP contribution in [0.3, 0.4) is 0 Å². The van der Waals surface area contributed by atoms with Crippen molar-refractivity contribution in [1.29, 1.82) is 0 Å². The van der Waals surface area contributed by atoms with Crippen LogP contribution in [0, 0.1) is 5.41 Å². The van der Waals surface area contributed by atoms with Gasteiger partial charge in [0.1, 0.15) is 23.8 Å². The van der Waals surface area contributed by atoms with Crippen molar-refractivity contribution in [3.05, 3.63) is 41.5 Å². The summed E-state index contributed by atoms with van der Waals surface area (Å²) < 4.78 is 51.2. The summed E-state index contributed by atoms with van der Waals surface area (Å²) in [6, 6.07) is 0.921. The van der Waals surface area contributed by atoms with Crippen LogP contribution in [0.2, 0.25) is 0 Å². The lowest BCUT2D eigenvalue weighted by Crippen LogP contribution is -2.59. The molecule has 2 saturated heterocycles. The van der Waals surface area contributed by atoms with Crippen molar-refractivity contribution < 1.29 is 51.5 Å². The van der Waals surface area contributed by atoms with Gasteiger partial charge in [-0.25, -0.2) is 4.79 Å². The highest BCUT2D eigenvalue weighted by atomic mass is 19.4. The largest absolute Gasteiger partial charge is 0.444 e. The van der Waals surface area contributed by atoms with Crippen LogP contribution >= 0.6 is 0 Å². The minimum Gasteiger partial charge on any atom is -0.444 e. The highest BCUT2D eigenvalue weighted by molar-refractivity contribution is 6.38. The molecular formula is C34H44F3N5O8. The Kier molecular flexibility index (Phi) is 10.8. The van der Waals surface area contributed by atoms with E-state index in [1.54, 1.807) is 27.7 Å². The molecule has 3 heterocycles. The molecular weight excluding hydrogens is 663 g/mol. The lowest BCUT2D eigenvalue weighted by molar-refractivity contribution is -0.144. The Hall–Kier alpha value is -4.18. The van der Waals surface area contributed by atoms with Crippen LogP contribution in [0.25, 0.3) is 5.70 Å². The predicted molar refractivity (Wildman–Crippen MR) is 172 cm³/mol. The fourth-order valence-corrected chi connectivity index (χ4v) is 6.22. The van der Waals surface area contributed by atoms with Gasteiger partial charge in [-0.3, -0.25) is 29.5 Å². The number of carbonyl (C=O) groups is 5. The highest BCUT2D eigenvalue weighted by Gasteiger charge is 2.54. The Balaban J connectivity index is 1.43. The number of rotatable bonds is 11. The molecule has 4 amide bonds. The predicted octanol–water partition coefficient (Wildman–Crippen LogP) is 2.98. The Morgan fingerprint density at radius 1 is 1.10 bits per heavy atom. The molecule has 1 spiro atoms. The van der Waals surface area contributed by atoms with Gasteiger partial charge in [0.05, 0.1) is 37.1 Å². The van der Waals surface area contributed by atoms with Gasteiger partial charge in [-0.15, -0.1) is 0 Å². The zero-order chi connectivity index (χ0) is 36.4. The second kappa shape index (κ2) is 14.6. The Bertz CT molecular complexity index is 1520. The SMILES string of the molecule is CCC[C@H](NC(=O)[C@@H]1C[C@]2(C=C(c3cccc(C(F)(F)F)c3)NO2)CN1C(=O)[C@@H](NC(=O)O[C@H]1CCOC1)C(C)(C)C)C(=O)C(=O)NC1CC1. The van der Waals surface area contributed by atoms with Gasteiger partial charge < -0.3 is 30.3 Å². The van der Waals surface area contributed by atoms with Crippen molar-refractivity contribution >= 4 is 35.3 Å². The molecule has 3 fully saturated rings. The molecule has 50 heavy (non-hydrogen) atoms. The number of alkyl halides is 3. The van der Waals surface area contributed by atoms with Crippen molar-refractivity contribution in [3.8, 4) is 0 Å². The van der Waals surface area contributed by atoms with Crippen LogP contribution in [0.15, 0.2) is 30.3 Å². The summed E-state index contributed by atoms with van der Waals surface area (Å²) in [5, 5.41) is 7.96. The Morgan fingerprint density at radius 3 is 2.46 bits per heavy atom. The van der Waals surface area contributed by atoms with E-state index in [1.165, 1.54) is 23.1 Å². The fraction of sp³-hybridized carbons (Fsp3) is 0.618.